The minimum absolute atomic E-state index is 0.176. The fraction of sp³-hybridized carbons (Fsp3) is 0.778. The van der Waals surface area contributed by atoms with Crippen LogP contribution in [-0.4, -0.2) is 36.8 Å². The van der Waals surface area contributed by atoms with Crippen molar-refractivity contribution >= 4 is 0 Å². The van der Waals surface area contributed by atoms with Crippen molar-refractivity contribution in [3.05, 3.63) is 12.7 Å². The first-order valence-corrected chi connectivity index (χ1v) is 4.10. The van der Waals surface area contributed by atoms with Gasteiger partial charge in [0.15, 0.2) is 0 Å². The lowest BCUT2D eigenvalue weighted by Crippen LogP contribution is -2.25. The van der Waals surface area contributed by atoms with E-state index in [9.17, 15) is 5.11 Å². The highest BCUT2D eigenvalue weighted by Crippen LogP contribution is 2.01. The van der Waals surface area contributed by atoms with Gasteiger partial charge in [-0.2, -0.15) is 0 Å². The second kappa shape index (κ2) is 6.38. The molecule has 0 amide bonds. The SMILES string of the molecule is C=CCCCC(O)CN(C)C. The number of allylic oxidation sites excluding steroid dienone is 1. The Labute approximate surface area is 69.5 Å². The van der Waals surface area contributed by atoms with E-state index < -0.39 is 0 Å². The van der Waals surface area contributed by atoms with Crippen LogP contribution in [0.25, 0.3) is 0 Å². The molecule has 11 heavy (non-hydrogen) atoms. The predicted molar refractivity (Wildman–Crippen MR) is 48.6 cm³/mol. The maximum absolute atomic E-state index is 9.37. The van der Waals surface area contributed by atoms with Gasteiger partial charge in [0.2, 0.25) is 0 Å². The molecule has 66 valence electrons. The summed E-state index contributed by atoms with van der Waals surface area (Å²) in [5.74, 6) is 0. The molecule has 2 heteroatoms. The van der Waals surface area contributed by atoms with Gasteiger partial charge < -0.3 is 10.0 Å². The Balaban J connectivity index is 3.21. The Hall–Kier alpha value is -0.340. The Kier molecular flexibility index (Phi) is 6.18. The van der Waals surface area contributed by atoms with Gasteiger partial charge in [0.1, 0.15) is 0 Å². The lowest BCUT2D eigenvalue weighted by Gasteiger charge is -2.14. The molecule has 0 aromatic carbocycles. The molecule has 0 spiro atoms. The van der Waals surface area contributed by atoms with Crippen molar-refractivity contribution in [1.29, 1.82) is 0 Å². The molecule has 0 heterocycles. The topological polar surface area (TPSA) is 23.5 Å². The zero-order valence-electron chi connectivity index (χ0n) is 7.58. The summed E-state index contributed by atoms with van der Waals surface area (Å²) >= 11 is 0. The number of hydrogen-bond donors (Lipinski definition) is 1. The van der Waals surface area contributed by atoms with Gasteiger partial charge in [-0.3, -0.25) is 0 Å². The highest BCUT2D eigenvalue weighted by molar-refractivity contribution is 4.68. The van der Waals surface area contributed by atoms with Gasteiger partial charge in [0, 0.05) is 6.54 Å². The molecule has 0 aliphatic rings. The fourth-order valence-electron chi connectivity index (χ4n) is 1.01. The third-order valence-electron chi connectivity index (χ3n) is 1.52. The monoisotopic (exact) mass is 157 g/mol. The normalized spacial score (nSPS) is 13.5. The average molecular weight is 157 g/mol. The van der Waals surface area contributed by atoms with Crippen LogP contribution in [0.3, 0.4) is 0 Å². The summed E-state index contributed by atoms with van der Waals surface area (Å²) in [7, 11) is 3.94. The lowest BCUT2D eigenvalue weighted by molar-refractivity contribution is 0.126. The molecule has 0 saturated heterocycles. The van der Waals surface area contributed by atoms with Crippen LogP contribution < -0.4 is 0 Å². The van der Waals surface area contributed by atoms with Crippen LogP contribution >= 0.6 is 0 Å². The summed E-state index contributed by atoms with van der Waals surface area (Å²) in [6.07, 6.45) is 4.64. The average Bonchev–Trinajstić information content (AvgIpc) is 1.86. The quantitative estimate of drug-likeness (QED) is 0.463. The maximum Gasteiger partial charge on any atom is 0.0667 e. The van der Waals surface area contributed by atoms with E-state index in [0.717, 1.165) is 25.8 Å². The van der Waals surface area contributed by atoms with E-state index in [2.05, 4.69) is 6.58 Å². The molecule has 0 fully saturated rings. The molecule has 1 atom stereocenters. The Bertz CT molecular complexity index is 102. The first kappa shape index (κ1) is 10.7. The molecule has 0 radical (unpaired) electrons. The summed E-state index contributed by atoms with van der Waals surface area (Å²) in [6, 6.07) is 0. The number of likely N-dealkylation sites (N-methyl/N-ethyl adjacent to an activating group) is 1. The maximum atomic E-state index is 9.37. The van der Waals surface area contributed by atoms with Gasteiger partial charge in [0.05, 0.1) is 6.10 Å². The van der Waals surface area contributed by atoms with Crippen LogP contribution in [0.4, 0.5) is 0 Å². The Morgan fingerprint density at radius 2 is 2.18 bits per heavy atom. The number of aliphatic hydroxyl groups is 1. The zero-order chi connectivity index (χ0) is 8.69. The first-order valence-electron chi connectivity index (χ1n) is 4.10. The highest BCUT2D eigenvalue weighted by atomic mass is 16.3. The minimum Gasteiger partial charge on any atom is -0.392 e. The lowest BCUT2D eigenvalue weighted by atomic mass is 10.1. The van der Waals surface area contributed by atoms with Crippen molar-refractivity contribution in [3.63, 3.8) is 0 Å². The number of nitrogens with zero attached hydrogens (tertiary/aromatic N) is 1. The Morgan fingerprint density at radius 3 is 2.64 bits per heavy atom. The van der Waals surface area contributed by atoms with Gasteiger partial charge in [-0.15, -0.1) is 6.58 Å². The molecule has 0 aliphatic heterocycles. The van der Waals surface area contributed by atoms with Gasteiger partial charge >= 0.3 is 0 Å². The predicted octanol–water partition coefficient (Wildman–Crippen LogP) is 1.27. The van der Waals surface area contributed by atoms with E-state index in [4.69, 9.17) is 0 Å². The van der Waals surface area contributed by atoms with E-state index in [1.165, 1.54) is 0 Å². The number of rotatable bonds is 6. The van der Waals surface area contributed by atoms with Crippen LogP contribution in [-0.2, 0) is 0 Å². The third-order valence-corrected chi connectivity index (χ3v) is 1.52. The largest absolute Gasteiger partial charge is 0.392 e. The number of unbranched alkanes of at least 4 members (excludes halogenated alkanes) is 1. The summed E-state index contributed by atoms with van der Waals surface area (Å²) in [6.45, 7) is 4.39. The fourth-order valence-corrected chi connectivity index (χ4v) is 1.01. The van der Waals surface area contributed by atoms with Crippen LogP contribution in [0.2, 0.25) is 0 Å². The van der Waals surface area contributed by atoms with Crippen molar-refractivity contribution in [2.75, 3.05) is 20.6 Å². The molecular formula is C9H19NO. The van der Waals surface area contributed by atoms with E-state index in [1.54, 1.807) is 0 Å². The molecule has 2 nitrogen and oxygen atoms in total. The number of hydrogen-bond acceptors (Lipinski definition) is 2. The summed E-state index contributed by atoms with van der Waals surface area (Å²) in [4.78, 5) is 2.00. The second-order valence-electron chi connectivity index (χ2n) is 3.14. The standard InChI is InChI=1S/C9H19NO/c1-4-5-6-7-9(11)8-10(2)3/h4,9,11H,1,5-8H2,2-3H3. The highest BCUT2D eigenvalue weighted by Gasteiger charge is 2.03. The van der Waals surface area contributed by atoms with Crippen molar-refractivity contribution < 1.29 is 5.11 Å². The second-order valence-corrected chi connectivity index (χ2v) is 3.14. The summed E-state index contributed by atoms with van der Waals surface area (Å²) in [5.41, 5.74) is 0. The molecule has 0 bridgehead atoms. The van der Waals surface area contributed by atoms with Crippen molar-refractivity contribution in [2.45, 2.75) is 25.4 Å². The van der Waals surface area contributed by atoms with Gasteiger partial charge in [-0.05, 0) is 33.4 Å². The van der Waals surface area contributed by atoms with Crippen LogP contribution in [0, 0.1) is 0 Å². The van der Waals surface area contributed by atoms with E-state index in [-0.39, 0.29) is 6.10 Å². The van der Waals surface area contributed by atoms with Crippen LogP contribution in [0.1, 0.15) is 19.3 Å². The molecular weight excluding hydrogens is 138 g/mol. The van der Waals surface area contributed by atoms with Crippen LogP contribution in [0.5, 0.6) is 0 Å². The first-order chi connectivity index (χ1) is 5.16. The molecule has 0 rings (SSSR count). The smallest absolute Gasteiger partial charge is 0.0667 e. The van der Waals surface area contributed by atoms with Gasteiger partial charge in [-0.1, -0.05) is 6.08 Å². The molecule has 1 unspecified atom stereocenters. The molecule has 0 saturated carbocycles. The van der Waals surface area contributed by atoms with E-state index in [1.807, 2.05) is 25.1 Å². The Morgan fingerprint density at radius 1 is 1.55 bits per heavy atom. The molecule has 0 aliphatic carbocycles. The minimum atomic E-state index is -0.176. The zero-order valence-corrected chi connectivity index (χ0v) is 7.58. The van der Waals surface area contributed by atoms with Crippen LogP contribution in [0.15, 0.2) is 12.7 Å². The summed E-state index contributed by atoms with van der Waals surface area (Å²) < 4.78 is 0. The van der Waals surface area contributed by atoms with E-state index in [0.29, 0.717) is 0 Å². The van der Waals surface area contributed by atoms with Crippen molar-refractivity contribution in [1.82, 2.24) is 4.90 Å². The van der Waals surface area contributed by atoms with Crippen molar-refractivity contribution in [3.8, 4) is 0 Å². The van der Waals surface area contributed by atoms with Gasteiger partial charge in [-0.25, -0.2) is 0 Å². The summed E-state index contributed by atoms with van der Waals surface area (Å²) in [5, 5.41) is 9.37. The van der Waals surface area contributed by atoms with Gasteiger partial charge in [0.25, 0.3) is 0 Å². The molecule has 0 aromatic heterocycles. The number of aliphatic hydroxyl groups excluding tert-OH is 1. The molecule has 1 N–H and O–H groups in total. The van der Waals surface area contributed by atoms with Crippen molar-refractivity contribution in [2.24, 2.45) is 0 Å². The third kappa shape index (κ3) is 7.56. The molecule has 0 aromatic rings. The van der Waals surface area contributed by atoms with E-state index >= 15 is 0 Å².